The Kier molecular flexibility index (Phi) is 5.85. The van der Waals surface area contributed by atoms with Crippen molar-refractivity contribution in [2.75, 3.05) is 24.6 Å². The van der Waals surface area contributed by atoms with Gasteiger partial charge in [0.25, 0.3) is 0 Å². The van der Waals surface area contributed by atoms with Gasteiger partial charge in [-0.2, -0.15) is 0 Å². The van der Waals surface area contributed by atoms with Crippen LogP contribution in [0.1, 0.15) is 33.2 Å². The predicted molar refractivity (Wildman–Crippen MR) is 131 cm³/mol. The molecule has 3 heterocycles. The number of benzene rings is 2. The molecule has 0 bridgehead atoms. The molecule has 0 N–H and O–H groups in total. The first kappa shape index (κ1) is 21.6. The maximum Gasteiger partial charge on any atom is 0.123 e. The first-order chi connectivity index (χ1) is 16.0. The number of pyridine rings is 1. The largest absolute Gasteiger partial charge is 0.375 e. The highest BCUT2D eigenvalue weighted by atomic mass is 19.1. The van der Waals surface area contributed by atoms with Gasteiger partial charge in [0.1, 0.15) is 5.82 Å². The third-order valence-corrected chi connectivity index (χ3v) is 6.37. The molecule has 33 heavy (non-hydrogen) atoms. The number of halogens is 1. The van der Waals surface area contributed by atoms with E-state index in [2.05, 4.69) is 54.5 Å². The molecule has 0 amide bonds. The van der Waals surface area contributed by atoms with Gasteiger partial charge in [-0.3, -0.25) is 4.98 Å². The summed E-state index contributed by atoms with van der Waals surface area (Å²) in [7, 11) is 0. The number of hydrogen-bond donors (Lipinski definition) is 0. The van der Waals surface area contributed by atoms with Crippen LogP contribution in [0.5, 0.6) is 0 Å². The summed E-state index contributed by atoms with van der Waals surface area (Å²) in [5.74, 6) is -0.249. The fraction of sp³-hybridized carbons (Fsp3) is 0.333. The SMILES string of the molecule is CCC1CN(c2cnc3ccc(-c4c(-c5ccc(F)cc5)ncn4C(C)C)cc3c2)CCO1. The Bertz CT molecular complexity index is 1270. The summed E-state index contributed by atoms with van der Waals surface area (Å²) in [5, 5.41) is 1.09. The Morgan fingerprint density at radius 2 is 1.85 bits per heavy atom. The number of rotatable bonds is 5. The summed E-state index contributed by atoms with van der Waals surface area (Å²) in [4.78, 5) is 11.8. The smallest absolute Gasteiger partial charge is 0.123 e. The second-order valence-electron chi connectivity index (χ2n) is 8.90. The van der Waals surface area contributed by atoms with Crippen molar-refractivity contribution in [2.45, 2.75) is 39.3 Å². The molecule has 0 spiro atoms. The number of imidazole rings is 1. The molecule has 0 radical (unpaired) electrons. The lowest BCUT2D eigenvalue weighted by molar-refractivity contribution is 0.0384. The maximum absolute atomic E-state index is 13.5. The van der Waals surface area contributed by atoms with Gasteiger partial charge in [-0.1, -0.05) is 13.0 Å². The number of nitrogens with zero attached hydrogens (tertiary/aromatic N) is 4. The van der Waals surface area contributed by atoms with E-state index < -0.39 is 0 Å². The third-order valence-electron chi connectivity index (χ3n) is 6.37. The topological polar surface area (TPSA) is 43.2 Å². The number of ether oxygens (including phenoxy) is 1. The van der Waals surface area contributed by atoms with Crippen molar-refractivity contribution < 1.29 is 9.13 Å². The van der Waals surface area contributed by atoms with Crippen LogP contribution in [0.2, 0.25) is 0 Å². The van der Waals surface area contributed by atoms with Gasteiger partial charge in [0.2, 0.25) is 0 Å². The van der Waals surface area contributed by atoms with E-state index >= 15 is 0 Å². The van der Waals surface area contributed by atoms with E-state index in [1.165, 1.54) is 12.1 Å². The van der Waals surface area contributed by atoms with E-state index in [0.717, 1.165) is 65.2 Å². The van der Waals surface area contributed by atoms with Crippen LogP contribution in [-0.4, -0.2) is 40.3 Å². The van der Waals surface area contributed by atoms with Gasteiger partial charge in [0, 0.05) is 35.6 Å². The molecule has 1 aliphatic rings. The van der Waals surface area contributed by atoms with Crippen LogP contribution < -0.4 is 4.90 Å². The van der Waals surface area contributed by atoms with Gasteiger partial charge in [-0.15, -0.1) is 0 Å². The van der Waals surface area contributed by atoms with Crippen LogP contribution in [0, 0.1) is 5.82 Å². The molecule has 6 heteroatoms. The summed E-state index contributed by atoms with van der Waals surface area (Å²) in [6.07, 6.45) is 5.10. The van der Waals surface area contributed by atoms with E-state index in [-0.39, 0.29) is 18.0 Å². The zero-order chi connectivity index (χ0) is 22.9. The third kappa shape index (κ3) is 4.23. The highest BCUT2D eigenvalue weighted by Gasteiger charge is 2.21. The molecule has 2 aromatic carbocycles. The predicted octanol–water partition coefficient (Wildman–Crippen LogP) is 6.10. The molecule has 1 unspecified atom stereocenters. The molecule has 5 rings (SSSR count). The number of anilines is 1. The first-order valence-electron chi connectivity index (χ1n) is 11.6. The zero-order valence-electron chi connectivity index (χ0n) is 19.3. The van der Waals surface area contributed by atoms with Crippen molar-refractivity contribution in [2.24, 2.45) is 0 Å². The molecule has 1 aliphatic heterocycles. The standard InChI is InChI=1S/C27H29FN4O/c1-4-24-16-31(11-12-33-24)23-14-21-13-20(7-10-25(21)29-15-23)27-26(30-17-32(27)18(2)3)19-5-8-22(28)9-6-19/h5-10,13-15,17-18,24H,4,11-12,16H2,1-3H3. The molecule has 1 atom stereocenters. The van der Waals surface area contributed by atoms with Crippen molar-refractivity contribution in [3.8, 4) is 22.5 Å². The Hall–Kier alpha value is -3.25. The average molecular weight is 445 g/mol. The second kappa shape index (κ2) is 8.94. The van der Waals surface area contributed by atoms with E-state index in [0.29, 0.717) is 0 Å². The summed E-state index contributed by atoms with van der Waals surface area (Å²) in [6, 6.07) is 15.3. The quantitative estimate of drug-likeness (QED) is 0.373. The van der Waals surface area contributed by atoms with E-state index in [9.17, 15) is 4.39 Å². The minimum Gasteiger partial charge on any atom is -0.375 e. The molecule has 0 aliphatic carbocycles. The van der Waals surface area contributed by atoms with E-state index in [4.69, 9.17) is 14.7 Å². The normalized spacial score (nSPS) is 16.6. The molecular weight excluding hydrogens is 415 g/mol. The van der Waals surface area contributed by atoms with Crippen molar-refractivity contribution in [3.63, 3.8) is 0 Å². The molecule has 4 aromatic rings. The van der Waals surface area contributed by atoms with Crippen LogP contribution in [0.3, 0.4) is 0 Å². The number of fused-ring (bicyclic) bond motifs is 1. The maximum atomic E-state index is 13.5. The summed E-state index contributed by atoms with van der Waals surface area (Å²) in [5.41, 5.74) is 5.93. The summed E-state index contributed by atoms with van der Waals surface area (Å²) in [6.45, 7) is 8.95. The number of aromatic nitrogens is 3. The van der Waals surface area contributed by atoms with Crippen molar-refractivity contribution in [1.29, 1.82) is 0 Å². The lowest BCUT2D eigenvalue weighted by atomic mass is 10.0. The minimum absolute atomic E-state index is 0.237. The molecule has 1 saturated heterocycles. The molecular formula is C27H29FN4O. The Balaban J connectivity index is 1.58. The zero-order valence-corrected chi connectivity index (χ0v) is 19.3. The lowest BCUT2D eigenvalue weighted by Crippen LogP contribution is -2.42. The number of hydrogen-bond acceptors (Lipinski definition) is 4. The summed E-state index contributed by atoms with van der Waals surface area (Å²) >= 11 is 0. The first-order valence-corrected chi connectivity index (χ1v) is 11.6. The van der Waals surface area contributed by atoms with Gasteiger partial charge < -0.3 is 14.2 Å². The Labute approximate surface area is 193 Å². The molecule has 5 nitrogen and oxygen atoms in total. The lowest BCUT2D eigenvalue weighted by Gasteiger charge is -2.34. The molecule has 2 aromatic heterocycles. The van der Waals surface area contributed by atoms with Gasteiger partial charge >= 0.3 is 0 Å². The van der Waals surface area contributed by atoms with E-state index in [1.54, 1.807) is 12.1 Å². The second-order valence-corrected chi connectivity index (χ2v) is 8.90. The van der Waals surface area contributed by atoms with Crippen molar-refractivity contribution in [1.82, 2.24) is 14.5 Å². The van der Waals surface area contributed by atoms with Crippen LogP contribution in [0.4, 0.5) is 10.1 Å². The van der Waals surface area contributed by atoms with Crippen LogP contribution in [-0.2, 0) is 4.74 Å². The fourth-order valence-electron chi connectivity index (χ4n) is 4.50. The fourth-order valence-corrected chi connectivity index (χ4v) is 4.50. The minimum atomic E-state index is -0.249. The van der Waals surface area contributed by atoms with Crippen molar-refractivity contribution in [3.05, 3.63) is 66.9 Å². The average Bonchev–Trinajstić information content (AvgIpc) is 3.29. The molecule has 1 fully saturated rings. The molecule has 170 valence electrons. The van der Waals surface area contributed by atoms with Crippen LogP contribution in [0.15, 0.2) is 61.1 Å². The van der Waals surface area contributed by atoms with Crippen LogP contribution in [0.25, 0.3) is 33.4 Å². The highest BCUT2D eigenvalue weighted by molar-refractivity contribution is 5.89. The Morgan fingerprint density at radius 3 is 2.61 bits per heavy atom. The van der Waals surface area contributed by atoms with Gasteiger partial charge in [0.15, 0.2) is 0 Å². The van der Waals surface area contributed by atoms with Gasteiger partial charge in [-0.05, 0) is 62.7 Å². The van der Waals surface area contributed by atoms with Crippen molar-refractivity contribution >= 4 is 16.6 Å². The van der Waals surface area contributed by atoms with Gasteiger partial charge in [-0.25, -0.2) is 9.37 Å². The number of morpholine rings is 1. The Morgan fingerprint density at radius 1 is 1.06 bits per heavy atom. The summed E-state index contributed by atoms with van der Waals surface area (Å²) < 4.78 is 21.5. The monoisotopic (exact) mass is 444 g/mol. The van der Waals surface area contributed by atoms with Gasteiger partial charge in [0.05, 0.1) is 47.8 Å². The van der Waals surface area contributed by atoms with E-state index in [1.807, 2.05) is 12.5 Å². The van der Waals surface area contributed by atoms with Crippen LogP contribution >= 0.6 is 0 Å². The highest BCUT2D eigenvalue weighted by Crippen LogP contribution is 2.35. The molecule has 0 saturated carbocycles.